The summed E-state index contributed by atoms with van der Waals surface area (Å²) in [5, 5.41) is 13.2. The Bertz CT molecular complexity index is 374. The molecular formula is C14H22N2O. The molecule has 1 aromatic rings. The third kappa shape index (κ3) is 2.97. The van der Waals surface area contributed by atoms with E-state index < -0.39 is 5.60 Å². The fraction of sp³-hybridized carbons (Fsp3) is 0.643. The first-order chi connectivity index (χ1) is 7.89. The van der Waals surface area contributed by atoms with Gasteiger partial charge >= 0.3 is 0 Å². The maximum absolute atomic E-state index is 9.96. The van der Waals surface area contributed by atoms with Gasteiger partial charge in [0.2, 0.25) is 0 Å². The monoisotopic (exact) mass is 234 g/mol. The van der Waals surface area contributed by atoms with Gasteiger partial charge in [-0.05, 0) is 36.3 Å². The molecule has 0 atom stereocenters. The van der Waals surface area contributed by atoms with Crippen LogP contribution in [0.5, 0.6) is 0 Å². The summed E-state index contributed by atoms with van der Waals surface area (Å²) in [6, 6.07) is 4.09. The van der Waals surface area contributed by atoms with E-state index in [9.17, 15) is 5.11 Å². The Balaban J connectivity index is 1.94. The van der Waals surface area contributed by atoms with Crippen LogP contribution in [0, 0.1) is 0 Å². The zero-order valence-electron chi connectivity index (χ0n) is 11.0. The highest BCUT2D eigenvalue weighted by Crippen LogP contribution is 2.31. The number of hydrogen-bond donors (Lipinski definition) is 2. The van der Waals surface area contributed by atoms with E-state index in [-0.39, 0.29) is 5.41 Å². The normalized spacial score (nSPS) is 18.6. The van der Waals surface area contributed by atoms with Gasteiger partial charge in [-0.2, -0.15) is 0 Å². The number of anilines is 1. The van der Waals surface area contributed by atoms with Crippen molar-refractivity contribution in [1.82, 2.24) is 4.98 Å². The fourth-order valence-electron chi connectivity index (χ4n) is 1.96. The van der Waals surface area contributed by atoms with Crippen LogP contribution in [-0.4, -0.2) is 22.2 Å². The molecule has 17 heavy (non-hydrogen) atoms. The van der Waals surface area contributed by atoms with Crippen LogP contribution in [0.1, 0.15) is 45.6 Å². The van der Waals surface area contributed by atoms with Crippen molar-refractivity contribution in [3.05, 3.63) is 23.9 Å². The zero-order chi connectivity index (χ0) is 12.5. The van der Waals surface area contributed by atoms with Crippen LogP contribution in [-0.2, 0) is 5.41 Å². The lowest BCUT2D eigenvalue weighted by molar-refractivity contribution is -0.0202. The van der Waals surface area contributed by atoms with Crippen LogP contribution < -0.4 is 5.32 Å². The molecule has 0 aliphatic heterocycles. The average molecular weight is 234 g/mol. The minimum absolute atomic E-state index is 0.137. The summed E-state index contributed by atoms with van der Waals surface area (Å²) in [7, 11) is 0. The summed E-state index contributed by atoms with van der Waals surface area (Å²) in [6.07, 6.45) is 4.85. The van der Waals surface area contributed by atoms with Gasteiger partial charge in [-0.15, -0.1) is 0 Å². The van der Waals surface area contributed by atoms with Gasteiger partial charge in [-0.25, -0.2) is 4.98 Å². The quantitative estimate of drug-likeness (QED) is 0.845. The molecule has 2 N–H and O–H groups in total. The molecule has 0 bridgehead atoms. The maximum Gasteiger partial charge on any atom is 0.125 e. The van der Waals surface area contributed by atoms with Gasteiger partial charge in [-0.1, -0.05) is 26.8 Å². The molecule has 2 rings (SSSR count). The molecule has 0 spiro atoms. The van der Waals surface area contributed by atoms with E-state index in [1.807, 2.05) is 12.3 Å². The molecule has 1 saturated carbocycles. The van der Waals surface area contributed by atoms with E-state index in [2.05, 4.69) is 37.1 Å². The predicted molar refractivity (Wildman–Crippen MR) is 70.2 cm³/mol. The number of aliphatic hydroxyl groups is 1. The highest BCUT2D eigenvalue weighted by atomic mass is 16.3. The molecule has 1 fully saturated rings. The summed E-state index contributed by atoms with van der Waals surface area (Å²) in [4.78, 5) is 4.38. The van der Waals surface area contributed by atoms with Crippen molar-refractivity contribution >= 4 is 5.82 Å². The molecule has 1 aromatic heterocycles. The van der Waals surface area contributed by atoms with Crippen LogP contribution in [0.25, 0.3) is 0 Å². The van der Waals surface area contributed by atoms with Gasteiger partial charge in [-0.3, -0.25) is 0 Å². The van der Waals surface area contributed by atoms with Crippen LogP contribution in [0.2, 0.25) is 0 Å². The summed E-state index contributed by atoms with van der Waals surface area (Å²) in [6.45, 7) is 7.13. The Kier molecular flexibility index (Phi) is 3.13. The van der Waals surface area contributed by atoms with Crippen molar-refractivity contribution < 1.29 is 5.11 Å². The molecule has 1 aliphatic carbocycles. The molecule has 0 unspecified atom stereocenters. The van der Waals surface area contributed by atoms with E-state index in [1.165, 1.54) is 5.56 Å². The number of hydrogen-bond acceptors (Lipinski definition) is 3. The smallest absolute Gasteiger partial charge is 0.125 e. The van der Waals surface area contributed by atoms with Gasteiger partial charge in [0.15, 0.2) is 0 Å². The van der Waals surface area contributed by atoms with Crippen LogP contribution in [0.3, 0.4) is 0 Å². The van der Waals surface area contributed by atoms with Crippen molar-refractivity contribution in [2.24, 2.45) is 0 Å². The van der Waals surface area contributed by atoms with E-state index in [4.69, 9.17) is 0 Å². The van der Waals surface area contributed by atoms with Crippen LogP contribution >= 0.6 is 0 Å². The first kappa shape index (κ1) is 12.4. The van der Waals surface area contributed by atoms with E-state index in [1.54, 1.807) is 0 Å². The molecular weight excluding hydrogens is 212 g/mol. The van der Waals surface area contributed by atoms with Crippen molar-refractivity contribution in [2.45, 2.75) is 51.0 Å². The summed E-state index contributed by atoms with van der Waals surface area (Å²) in [5.41, 5.74) is 0.868. The van der Waals surface area contributed by atoms with Gasteiger partial charge < -0.3 is 10.4 Å². The molecule has 3 nitrogen and oxygen atoms in total. The molecule has 3 heteroatoms. The van der Waals surface area contributed by atoms with E-state index in [0.29, 0.717) is 6.54 Å². The summed E-state index contributed by atoms with van der Waals surface area (Å²) >= 11 is 0. The second-order valence-electron chi connectivity index (χ2n) is 6.11. The molecule has 0 aromatic carbocycles. The number of nitrogens with zero attached hydrogens (tertiary/aromatic N) is 1. The van der Waals surface area contributed by atoms with Gasteiger partial charge in [0.05, 0.1) is 5.60 Å². The lowest BCUT2D eigenvalue weighted by Crippen LogP contribution is -2.43. The molecule has 1 aliphatic rings. The SMILES string of the molecule is CC(C)(C)c1ccc(NCC2(O)CCC2)nc1. The Labute approximate surface area is 103 Å². The Morgan fingerprint density at radius 2 is 2.06 bits per heavy atom. The second-order valence-corrected chi connectivity index (χ2v) is 6.11. The number of pyridine rings is 1. The third-order valence-electron chi connectivity index (χ3n) is 3.51. The largest absolute Gasteiger partial charge is 0.388 e. The minimum atomic E-state index is -0.496. The third-order valence-corrected chi connectivity index (χ3v) is 3.51. The first-order valence-corrected chi connectivity index (χ1v) is 6.32. The van der Waals surface area contributed by atoms with Gasteiger partial charge in [0.25, 0.3) is 0 Å². The molecule has 0 saturated heterocycles. The zero-order valence-corrected chi connectivity index (χ0v) is 11.0. The lowest BCUT2D eigenvalue weighted by Gasteiger charge is -2.36. The van der Waals surface area contributed by atoms with Crippen molar-refractivity contribution in [1.29, 1.82) is 0 Å². The number of rotatable bonds is 3. The lowest BCUT2D eigenvalue weighted by atomic mass is 9.80. The molecule has 1 heterocycles. The fourth-order valence-corrected chi connectivity index (χ4v) is 1.96. The summed E-state index contributed by atoms with van der Waals surface area (Å²) < 4.78 is 0. The van der Waals surface area contributed by atoms with Crippen LogP contribution in [0.4, 0.5) is 5.82 Å². The van der Waals surface area contributed by atoms with E-state index >= 15 is 0 Å². The molecule has 94 valence electrons. The number of nitrogens with one attached hydrogen (secondary N) is 1. The minimum Gasteiger partial charge on any atom is -0.388 e. The van der Waals surface area contributed by atoms with Gasteiger partial charge in [0, 0.05) is 12.7 Å². The molecule has 0 radical (unpaired) electrons. The van der Waals surface area contributed by atoms with Crippen molar-refractivity contribution in [3.8, 4) is 0 Å². The van der Waals surface area contributed by atoms with Gasteiger partial charge in [0.1, 0.15) is 5.82 Å². The highest BCUT2D eigenvalue weighted by molar-refractivity contribution is 5.37. The Morgan fingerprint density at radius 3 is 2.47 bits per heavy atom. The topological polar surface area (TPSA) is 45.1 Å². The average Bonchev–Trinajstić information content (AvgIpc) is 2.23. The number of aromatic nitrogens is 1. The first-order valence-electron chi connectivity index (χ1n) is 6.32. The van der Waals surface area contributed by atoms with Crippen molar-refractivity contribution in [3.63, 3.8) is 0 Å². The molecule has 0 amide bonds. The van der Waals surface area contributed by atoms with Crippen LogP contribution in [0.15, 0.2) is 18.3 Å². The van der Waals surface area contributed by atoms with Crippen molar-refractivity contribution in [2.75, 3.05) is 11.9 Å². The summed E-state index contributed by atoms with van der Waals surface area (Å²) in [5.74, 6) is 0.846. The predicted octanol–water partition coefficient (Wildman–Crippen LogP) is 2.71. The second kappa shape index (κ2) is 4.30. The standard InChI is InChI=1S/C14H22N2O/c1-13(2,3)11-5-6-12(15-9-11)16-10-14(17)7-4-8-14/h5-6,9,17H,4,7-8,10H2,1-3H3,(H,15,16). The van der Waals surface area contributed by atoms with E-state index in [0.717, 1.165) is 25.1 Å². The highest BCUT2D eigenvalue weighted by Gasteiger charge is 2.33. The Morgan fingerprint density at radius 1 is 1.35 bits per heavy atom. The maximum atomic E-state index is 9.96. The Hall–Kier alpha value is -1.09.